The van der Waals surface area contributed by atoms with Gasteiger partial charge in [0.2, 0.25) is 0 Å². The standard InChI is InChI=1S/C6H4N2O4.H3O4P/c9-7(10)5-1-2-6(4-3-5)8(11)12;1-5(2,3)4/h1-4H;(H3,1,2,3,4). The molecule has 0 heterocycles. The van der Waals surface area contributed by atoms with Gasteiger partial charge in [-0.1, -0.05) is 0 Å². The number of nitro groups is 2. The topological polar surface area (TPSA) is 164 Å². The van der Waals surface area contributed by atoms with Gasteiger partial charge >= 0.3 is 7.82 Å². The Kier molecular flexibility index (Phi) is 5.35. The molecular weight excluding hydrogens is 259 g/mol. The summed E-state index contributed by atoms with van der Waals surface area (Å²) < 4.78 is 8.88. The number of rotatable bonds is 2. The monoisotopic (exact) mass is 266 g/mol. The van der Waals surface area contributed by atoms with Gasteiger partial charge in [0.15, 0.2) is 0 Å². The molecule has 1 rings (SSSR count). The highest BCUT2D eigenvalue weighted by atomic mass is 31.2. The number of nitrogens with zero attached hydrogens (tertiary/aromatic N) is 2. The zero-order valence-electron chi connectivity index (χ0n) is 8.03. The second-order valence-corrected chi connectivity index (χ2v) is 3.57. The van der Waals surface area contributed by atoms with Crippen molar-refractivity contribution in [2.45, 2.75) is 0 Å². The smallest absolute Gasteiger partial charge is 0.303 e. The van der Waals surface area contributed by atoms with Crippen LogP contribution in [0.2, 0.25) is 0 Å². The molecule has 0 amide bonds. The van der Waals surface area contributed by atoms with E-state index >= 15 is 0 Å². The Morgan fingerprint density at radius 2 is 1.06 bits per heavy atom. The summed E-state index contributed by atoms with van der Waals surface area (Å²) in [6, 6.07) is 4.38. The van der Waals surface area contributed by atoms with Gasteiger partial charge in [0.1, 0.15) is 0 Å². The van der Waals surface area contributed by atoms with Crippen molar-refractivity contribution >= 4 is 19.2 Å². The molecule has 10 nitrogen and oxygen atoms in total. The highest BCUT2D eigenvalue weighted by Crippen LogP contribution is 2.25. The van der Waals surface area contributed by atoms with Gasteiger partial charge in [-0.2, -0.15) is 0 Å². The lowest BCUT2D eigenvalue weighted by Gasteiger charge is -1.90. The maximum Gasteiger partial charge on any atom is 0.466 e. The molecule has 0 aliphatic heterocycles. The van der Waals surface area contributed by atoms with E-state index < -0.39 is 17.7 Å². The van der Waals surface area contributed by atoms with Crippen molar-refractivity contribution in [3.63, 3.8) is 0 Å². The fraction of sp³-hybridized carbons (Fsp3) is 0. The van der Waals surface area contributed by atoms with Gasteiger partial charge in [-0.25, -0.2) is 4.57 Å². The molecule has 1 aromatic carbocycles. The molecule has 0 radical (unpaired) electrons. The minimum absolute atomic E-state index is 0.152. The molecule has 0 bridgehead atoms. The summed E-state index contributed by atoms with van der Waals surface area (Å²) in [6.07, 6.45) is 0. The van der Waals surface area contributed by atoms with Crippen molar-refractivity contribution in [1.29, 1.82) is 0 Å². The van der Waals surface area contributed by atoms with Crippen LogP contribution in [0.5, 0.6) is 0 Å². The lowest BCUT2D eigenvalue weighted by atomic mass is 10.3. The van der Waals surface area contributed by atoms with E-state index in [2.05, 4.69) is 0 Å². The van der Waals surface area contributed by atoms with E-state index in [0.717, 1.165) is 24.3 Å². The number of nitro benzene ring substituents is 2. The van der Waals surface area contributed by atoms with Gasteiger partial charge < -0.3 is 14.7 Å². The molecule has 17 heavy (non-hydrogen) atoms. The van der Waals surface area contributed by atoms with E-state index in [0.29, 0.717) is 0 Å². The minimum Gasteiger partial charge on any atom is -0.303 e. The second kappa shape index (κ2) is 6.01. The first-order chi connectivity index (χ1) is 7.61. The van der Waals surface area contributed by atoms with Crippen molar-refractivity contribution in [3.8, 4) is 0 Å². The zero-order chi connectivity index (χ0) is 13.6. The fourth-order valence-corrected chi connectivity index (χ4v) is 0.696. The lowest BCUT2D eigenvalue weighted by molar-refractivity contribution is -0.389. The Morgan fingerprint density at radius 3 is 1.18 bits per heavy atom. The normalized spacial score (nSPS) is 10.1. The highest BCUT2D eigenvalue weighted by molar-refractivity contribution is 7.45. The summed E-state index contributed by atoms with van der Waals surface area (Å²) in [5.41, 5.74) is -0.304. The van der Waals surface area contributed by atoms with Crippen LogP contribution in [0.4, 0.5) is 11.4 Å². The predicted octanol–water partition coefficient (Wildman–Crippen LogP) is 0.574. The fourth-order valence-electron chi connectivity index (χ4n) is 0.696. The quantitative estimate of drug-likeness (QED) is 0.397. The van der Waals surface area contributed by atoms with E-state index in [9.17, 15) is 20.2 Å². The second-order valence-electron chi connectivity index (χ2n) is 2.54. The Bertz CT molecular complexity index is 410. The van der Waals surface area contributed by atoms with Crippen LogP contribution in [0.3, 0.4) is 0 Å². The Labute approximate surface area is 93.7 Å². The van der Waals surface area contributed by atoms with Crippen molar-refractivity contribution in [1.82, 2.24) is 0 Å². The number of non-ortho nitro benzene ring substituents is 2. The first-order valence-corrected chi connectivity index (χ1v) is 5.35. The van der Waals surface area contributed by atoms with E-state index in [-0.39, 0.29) is 11.4 Å². The van der Waals surface area contributed by atoms with Crippen LogP contribution in [-0.4, -0.2) is 24.5 Å². The summed E-state index contributed by atoms with van der Waals surface area (Å²) in [5, 5.41) is 20.2. The molecule has 94 valence electrons. The lowest BCUT2D eigenvalue weighted by Crippen LogP contribution is -1.90. The molecule has 0 spiro atoms. The van der Waals surface area contributed by atoms with Crippen LogP contribution < -0.4 is 0 Å². The minimum atomic E-state index is -4.64. The highest BCUT2D eigenvalue weighted by Gasteiger charge is 2.08. The predicted molar refractivity (Wildman–Crippen MR) is 54.0 cm³/mol. The molecule has 3 N–H and O–H groups in total. The average Bonchev–Trinajstić information content (AvgIpc) is 2.15. The Hall–Kier alpha value is -1.87. The van der Waals surface area contributed by atoms with Crippen LogP contribution in [0, 0.1) is 20.2 Å². The molecule has 0 aliphatic rings. The maximum atomic E-state index is 10.1. The van der Waals surface area contributed by atoms with Crippen molar-refractivity contribution < 1.29 is 29.1 Å². The van der Waals surface area contributed by atoms with Crippen molar-refractivity contribution in [3.05, 3.63) is 44.5 Å². The van der Waals surface area contributed by atoms with Gasteiger partial charge in [-0.15, -0.1) is 0 Å². The van der Waals surface area contributed by atoms with E-state index in [1.54, 1.807) is 0 Å². The molecule has 0 saturated carbocycles. The zero-order valence-corrected chi connectivity index (χ0v) is 8.93. The number of hydrogen-bond acceptors (Lipinski definition) is 5. The third-order valence-electron chi connectivity index (χ3n) is 1.27. The molecule has 0 atom stereocenters. The van der Waals surface area contributed by atoms with Crippen LogP contribution in [-0.2, 0) is 4.57 Å². The van der Waals surface area contributed by atoms with Crippen LogP contribution >= 0.6 is 7.82 Å². The Balaban J connectivity index is 0.000000437. The van der Waals surface area contributed by atoms with Gasteiger partial charge in [-0.3, -0.25) is 20.2 Å². The largest absolute Gasteiger partial charge is 0.466 e. The van der Waals surface area contributed by atoms with Crippen LogP contribution in [0.1, 0.15) is 0 Å². The molecule has 0 saturated heterocycles. The number of phosphoric acid groups is 1. The molecular formula is C6H7N2O8P. The van der Waals surface area contributed by atoms with Gasteiger partial charge in [-0.05, 0) is 0 Å². The van der Waals surface area contributed by atoms with Gasteiger partial charge in [0.05, 0.1) is 9.85 Å². The van der Waals surface area contributed by atoms with E-state index in [1.807, 2.05) is 0 Å². The molecule has 0 aromatic heterocycles. The summed E-state index contributed by atoms with van der Waals surface area (Å²) in [6.45, 7) is 0. The third kappa shape index (κ3) is 7.99. The SMILES string of the molecule is O=P(O)(O)O.O=[N+]([O-])c1ccc([N+](=O)[O-])cc1. The third-order valence-corrected chi connectivity index (χ3v) is 1.27. The molecule has 11 heteroatoms. The summed E-state index contributed by atoms with van der Waals surface area (Å²) in [7, 11) is -4.64. The first kappa shape index (κ1) is 15.1. The molecule has 0 unspecified atom stereocenters. The van der Waals surface area contributed by atoms with Gasteiger partial charge in [0, 0.05) is 24.3 Å². The Morgan fingerprint density at radius 1 is 0.882 bits per heavy atom. The molecule has 0 fully saturated rings. The van der Waals surface area contributed by atoms with Crippen molar-refractivity contribution in [2.75, 3.05) is 0 Å². The summed E-state index contributed by atoms with van der Waals surface area (Å²) >= 11 is 0. The molecule has 0 aliphatic carbocycles. The van der Waals surface area contributed by atoms with E-state index in [1.165, 1.54) is 0 Å². The summed E-state index contributed by atoms with van der Waals surface area (Å²) in [4.78, 5) is 40.6. The average molecular weight is 266 g/mol. The van der Waals surface area contributed by atoms with Crippen molar-refractivity contribution in [2.24, 2.45) is 0 Å². The number of hydrogen-bond donors (Lipinski definition) is 3. The summed E-state index contributed by atoms with van der Waals surface area (Å²) in [5.74, 6) is 0. The number of benzene rings is 1. The van der Waals surface area contributed by atoms with E-state index in [4.69, 9.17) is 19.2 Å². The maximum absolute atomic E-state index is 10.1. The van der Waals surface area contributed by atoms with Crippen LogP contribution in [0.25, 0.3) is 0 Å². The first-order valence-electron chi connectivity index (χ1n) is 3.78. The molecule has 1 aromatic rings. The van der Waals surface area contributed by atoms with Gasteiger partial charge in [0.25, 0.3) is 11.4 Å². The van der Waals surface area contributed by atoms with Crippen LogP contribution in [0.15, 0.2) is 24.3 Å².